The average Bonchev–Trinajstić information content (AvgIpc) is 3.01. The molecule has 0 saturated carbocycles. The van der Waals surface area contributed by atoms with Crippen molar-refractivity contribution in [1.29, 1.82) is 0 Å². The van der Waals surface area contributed by atoms with E-state index in [1.807, 2.05) is 37.3 Å². The first-order valence-corrected chi connectivity index (χ1v) is 7.37. The summed E-state index contributed by atoms with van der Waals surface area (Å²) in [6.07, 6.45) is 2.43. The number of carbonyl (C=O) groups is 1. The van der Waals surface area contributed by atoms with E-state index in [9.17, 15) is 4.79 Å². The number of pyridine rings is 1. The zero-order valence-corrected chi connectivity index (χ0v) is 12.5. The van der Waals surface area contributed by atoms with Crippen molar-refractivity contribution >= 4 is 17.1 Å². The number of aromatic nitrogens is 2. The molecule has 6 nitrogen and oxygen atoms in total. The van der Waals surface area contributed by atoms with E-state index in [-0.39, 0.29) is 12.0 Å². The number of nitrogens with one attached hydrogen (secondary N) is 1. The summed E-state index contributed by atoms with van der Waals surface area (Å²) in [5.41, 5.74) is 1.60. The predicted molar refractivity (Wildman–Crippen MR) is 84.8 cm³/mol. The first-order chi connectivity index (χ1) is 11.2. The van der Waals surface area contributed by atoms with Crippen molar-refractivity contribution in [2.75, 3.05) is 5.32 Å². The molecule has 0 bridgehead atoms. The summed E-state index contributed by atoms with van der Waals surface area (Å²) in [7, 11) is 0. The summed E-state index contributed by atoms with van der Waals surface area (Å²) in [5.74, 6) is 0.998. The Balaban J connectivity index is 1.54. The quantitative estimate of drug-likeness (QED) is 0.790. The molecule has 2 unspecified atom stereocenters. The molecule has 23 heavy (non-hydrogen) atoms. The molecular weight excluding hydrogens is 294 g/mol. The van der Waals surface area contributed by atoms with Crippen LogP contribution in [0.3, 0.4) is 0 Å². The Bertz CT molecular complexity index is 874. The molecule has 0 aliphatic carbocycles. The molecule has 3 heterocycles. The van der Waals surface area contributed by atoms with Gasteiger partial charge in [0.05, 0.1) is 5.52 Å². The first kappa shape index (κ1) is 13.6. The van der Waals surface area contributed by atoms with Gasteiger partial charge in [0.1, 0.15) is 6.10 Å². The van der Waals surface area contributed by atoms with E-state index in [0.29, 0.717) is 17.2 Å². The van der Waals surface area contributed by atoms with Gasteiger partial charge in [-0.15, -0.1) is 0 Å². The van der Waals surface area contributed by atoms with Gasteiger partial charge in [0.15, 0.2) is 11.5 Å². The Labute approximate surface area is 132 Å². The molecule has 0 saturated heterocycles. The maximum Gasteiger partial charge on any atom is 0.269 e. The van der Waals surface area contributed by atoms with Gasteiger partial charge in [0, 0.05) is 18.1 Å². The highest BCUT2D eigenvalue weighted by Crippen LogP contribution is 2.33. The molecule has 2 aromatic heterocycles. The minimum Gasteiger partial charge on any atom is -0.482 e. The molecule has 3 aromatic rings. The normalized spacial score (nSPS) is 19.5. The highest BCUT2D eigenvalue weighted by molar-refractivity contribution is 5.95. The number of amides is 1. The van der Waals surface area contributed by atoms with Crippen molar-refractivity contribution in [2.24, 2.45) is 0 Å². The number of para-hydroxylation sites is 2. The molecule has 6 heteroatoms. The van der Waals surface area contributed by atoms with Crippen LogP contribution in [-0.2, 0) is 4.79 Å². The molecule has 1 aliphatic heterocycles. The number of rotatable bonds is 2. The van der Waals surface area contributed by atoms with Crippen LogP contribution in [0.1, 0.15) is 6.92 Å². The SMILES string of the molecule is CC1Oc2ccccc2OC1C(=O)Nc1ccn2nccc2c1. The lowest BCUT2D eigenvalue weighted by Crippen LogP contribution is -2.46. The number of hydrogen-bond donors (Lipinski definition) is 1. The minimum absolute atomic E-state index is 0.240. The molecule has 116 valence electrons. The third kappa shape index (κ3) is 2.48. The van der Waals surface area contributed by atoms with Crippen molar-refractivity contribution < 1.29 is 14.3 Å². The number of hydrogen-bond acceptors (Lipinski definition) is 4. The number of fused-ring (bicyclic) bond motifs is 2. The lowest BCUT2D eigenvalue weighted by atomic mass is 10.1. The van der Waals surface area contributed by atoms with E-state index >= 15 is 0 Å². The van der Waals surface area contributed by atoms with Gasteiger partial charge < -0.3 is 14.8 Å². The summed E-state index contributed by atoms with van der Waals surface area (Å²) in [5, 5.41) is 6.99. The third-order valence-electron chi connectivity index (χ3n) is 3.77. The Kier molecular flexibility index (Phi) is 3.15. The maximum atomic E-state index is 12.5. The average molecular weight is 309 g/mol. The van der Waals surface area contributed by atoms with Crippen molar-refractivity contribution in [3.8, 4) is 11.5 Å². The van der Waals surface area contributed by atoms with Gasteiger partial charge in [0.25, 0.3) is 5.91 Å². The zero-order valence-electron chi connectivity index (χ0n) is 12.5. The summed E-state index contributed by atoms with van der Waals surface area (Å²) in [6.45, 7) is 1.82. The number of ether oxygens (including phenoxy) is 2. The second-order valence-corrected chi connectivity index (χ2v) is 5.41. The van der Waals surface area contributed by atoms with E-state index in [4.69, 9.17) is 9.47 Å². The first-order valence-electron chi connectivity index (χ1n) is 7.37. The van der Waals surface area contributed by atoms with Gasteiger partial charge in [-0.1, -0.05) is 12.1 Å². The fourth-order valence-corrected chi connectivity index (χ4v) is 2.62. The van der Waals surface area contributed by atoms with Crippen LogP contribution < -0.4 is 14.8 Å². The molecule has 2 atom stereocenters. The molecule has 1 aromatic carbocycles. The second-order valence-electron chi connectivity index (χ2n) is 5.41. The van der Waals surface area contributed by atoms with Crippen LogP contribution in [0.4, 0.5) is 5.69 Å². The molecule has 1 N–H and O–H groups in total. The van der Waals surface area contributed by atoms with Crippen molar-refractivity contribution in [2.45, 2.75) is 19.1 Å². The zero-order chi connectivity index (χ0) is 15.8. The summed E-state index contributed by atoms with van der Waals surface area (Å²) >= 11 is 0. The van der Waals surface area contributed by atoms with E-state index in [1.54, 1.807) is 29.0 Å². The van der Waals surface area contributed by atoms with Gasteiger partial charge in [-0.25, -0.2) is 4.52 Å². The molecule has 0 fully saturated rings. The molecule has 1 aliphatic rings. The van der Waals surface area contributed by atoms with Gasteiger partial charge in [-0.3, -0.25) is 4.79 Å². The fourth-order valence-electron chi connectivity index (χ4n) is 2.62. The van der Waals surface area contributed by atoms with E-state index < -0.39 is 6.10 Å². The Morgan fingerprint density at radius 1 is 1.17 bits per heavy atom. The van der Waals surface area contributed by atoms with Crippen LogP contribution in [0.25, 0.3) is 5.52 Å². The number of benzene rings is 1. The predicted octanol–water partition coefficient (Wildman–Crippen LogP) is 2.50. The maximum absolute atomic E-state index is 12.5. The topological polar surface area (TPSA) is 64.9 Å². The van der Waals surface area contributed by atoms with Crippen LogP contribution >= 0.6 is 0 Å². The largest absolute Gasteiger partial charge is 0.482 e. The van der Waals surface area contributed by atoms with E-state index in [1.165, 1.54) is 0 Å². The highest BCUT2D eigenvalue weighted by Gasteiger charge is 2.34. The number of anilines is 1. The fraction of sp³-hybridized carbons (Fsp3) is 0.176. The Hall–Kier alpha value is -3.02. The molecule has 4 rings (SSSR count). The summed E-state index contributed by atoms with van der Waals surface area (Å²) < 4.78 is 13.3. The summed E-state index contributed by atoms with van der Waals surface area (Å²) in [4.78, 5) is 12.5. The van der Waals surface area contributed by atoms with Gasteiger partial charge in [0.2, 0.25) is 6.10 Å². The highest BCUT2D eigenvalue weighted by atomic mass is 16.6. The molecule has 0 spiro atoms. The van der Waals surface area contributed by atoms with Crippen LogP contribution in [-0.4, -0.2) is 27.7 Å². The Morgan fingerprint density at radius 2 is 1.96 bits per heavy atom. The van der Waals surface area contributed by atoms with Crippen LogP contribution in [0.2, 0.25) is 0 Å². The summed E-state index contributed by atoms with van der Waals surface area (Å²) in [6, 6.07) is 12.9. The number of nitrogens with zero attached hydrogens (tertiary/aromatic N) is 2. The smallest absolute Gasteiger partial charge is 0.269 e. The van der Waals surface area contributed by atoms with Gasteiger partial charge in [-0.2, -0.15) is 5.10 Å². The van der Waals surface area contributed by atoms with Crippen molar-refractivity contribution in [3.63, 3.8) is 0 Å². The monoisotopic (exact) mass is 309 g/mol. The van der Waals surface area contributed by atoms with Crippen molar-refractivity contribution in [1.82, 2.24) is 9.61 Å². The third-order valence-corrected chi connectivity index (χ3v) is 3.77. The lowest BCUT2D eigenvalue weighted by molar-refractivity contribution is -0.128. The van der Waals surface area contributed by atoms with E-state index in [2.05, 4.69) is 10.4 Å². The van der Waals surface area contributed by atoms with E-state index in [0.717, 1.165) is 5.52 Å². The molecule has 1 amide bonds. The minimum atomic E-state index is -0.703. The van der Waals surface area contributed by atoms with Gasteiger partial charge in [-0.05, 0) is 37.3 Å². The lowest BCUT2D eigenvalue weighted by Gasteiger charge is -2.31. The Morgan fingerprint density at radius 3 is 2.78 bits per heavy atom. The molecule has 0 radical (unpaired) electrons. The van der Waals surface area contributed by atoms with Crippen LogP contribution in [0.15, 0.2) is 54.9 Å². The number of carbonyl (C=O) groups excluding carboxylic acids is 1. The standard InChI is InChI=1S/C17H15N3O3/c1-11-16(23-15-5-3-2-4-14(15)22-11)17(21)19-12-7-9-20-13(10-12)6-8-18-20/h2-11,16H,1H3,(H,19,21). The van der Waals surface area contributed by atoms with Crippen LogP contribution in [0, 0.1) is 0 Å². The molecular formula is C17H15N3O3. The van der Waals surface area contributed by atoms with Gasteiger partial charge >= 0.3 is 0 Å². The van der Waals surface area contributed by atoms with Crippen LogP contribution in [0.5, 0.6) is 11.5 Å². The van der Waals surface area contributed by atoms with Crippen molar-refractivity contribution in [3.05, 3.63) is 54.9 Å². The second kappa shape index (κ2) is 5.31.